The number of rotatable bonds is 4. The number of carbonyl (C=O) groups excluding carboxylic acids is 2. The number of ketones is 1. The van der Waals surface area contributed by atoms with Crippen molar-refractivity contribution in [3.05, 3.63) is 89.0 Å². The average Bonchev–Trinajstić information content (AvgIpc) is 3.37. The fourth-order valence-electron chi connectivity index (χ4n) is 4.05. The smallest absolute Gasteiger partial charge is 0.301 e. The monoisotopic (exact) mass is 472 g/mol. The minimum atomic E-state index is -0.923. The number of aliphatic hydroxyl groups is 1. The lowest BCUT2D eigenvalue weighted by Gasteiger charge is -2.23. The molecule has 170 valence electrons. The number of Topliss-reactive ketones (excluding diaryl/α,β-unsaturated/α-hetero) is 1. The molecule has 2 heterocycles. The first-order valence-corrected chi connectivity index (χ1v) is 11.3. The molecule has 1 saturated heterocycles. The van der Waals surface area contributed by atoms with Crippen LogP contribution in [-0.2, 0) is 9.59 Å². The fourth-order valence-corrected chi connectivity index (χ4v) is 5.14. The van der Waals surface area contributed by atoms with Gasteiger partial charge < -0.3 is 14.9 Å². The van der Waals surface area contributed by atoms with E-state index in [1.807, 2.05) is 25.1 Å². The minimum Gasteiger partial charge on any atom is -0.508 e. The zero-order valence-corrected chi connectivity index (χ0v) is 19.2. The van der Waals surface area contributed by atoms with Crippen LogP contribution in [0.4, 0.5) is 5.13 Å². The van der Waals surface area contributed by atoms with Gasteiger partial charge in [0.2, 0.25) is 0 Å². The van der Waals surface area contributed by atoms with Crippen molar-refractivity contribution in [3.63, 3.8) is 0 Å². The van der Waals surface area contributed by atoms with Crippen LogP contribution in [0.1, 0.15) is 22.7 Å². The van der Waals surface area contributed by atoms with Gasteiger partial charge >= 0.3 is 5.91 Å². The Morgan fingerprint density at radius 1 is 1.06 bits per heavy atom. The maximum atomic E-state index is 13.3. The number of aliphatic hydroxyl groups excluding tert-OH is 1. The Balaban J connectivity index is 1.73. The zero-order chi connectivity index (χ0) is 24.0. The number of carbonyl (C=O) groups is 2. The molecule has 8 heteroatoms. The largest absolute Gasteiger partial charge is 0.508 e. The lowest BCUT2D eigenvalue weighted by atomic mass is 9.95. The van der Waals surface area contributed by atoms with E-state index in [0.717, 1.165) is 10.3 Å². The summed E-state index contributed by atoms with van der Waals surface area (Å²) in [6.45, 7) is 1.97. The molecule has 1 atom stereocenters. The molecule has 1 unspecified atom stereocenters. The second-order valence-electron chi connectivity index (χ2n) is 7.96. The third-order valence-corrected chi connectivity index (χ3v) is 6.75. The topological polar surface area (TPSA) is 100.0 Å². The molecule has 1 fully saturated rings. The number of nitrogens with zero attached hydrogens (tertiary/aromatic N) is 2. The Labute approximate surface area is 199 Å². The summed E-state index contributed by atoms with van der Waals surface area (Å²) in [6, 6.07) is 17.7. The Bertz CT molecular complexity index is 1470. The summed E-state index contributed by atoms with van der Waals surface area (Å²) >= 11 is 1.30. The van der Waals surface area contributed by atoms with Crippen molar-refractivity contribution in [2.24, 2.45) is 0 Å². The van der Waals surface area contributed by atoms with E-state index in [9.17, 15) is 19.8 Å². The summed E-state index contributed by atoms with van der Waals surface area (Å²) in [7, 11) is 1.50. The van der Waals surface area contributed by atoms with Crippen LogP contribution in [0.5, 0.6) is 11.5 Å². The van der Waals surface area contributed by atoms with Crippen LogP contribution in [0.3, 0.4) is 0 Å². The number of aromatic hydroxyl groups is 1. The molecule has 0 radical (unpaired) electrons. The molecule has 0 saturated carbocycles. The number of aryl methyl sites for hydroxylation is 1. The van der Waals surface area contributed by atoms with Crippen LogP contribution in [0.15, 0.2) is 72.3 Å². The van der Waals surface area contributed by atoms with Crippen molar-refractivity contribution in [2.45, 2.75) is 13.0 Å². The van der Waals surface area contributed by atoms with Crippen LogP contribution in [0.2, 0.25) is 0 Å². The van der Waals surface area contributed by atoms with Crippen molar-refractivity contribution in [3.8, 4) is 11.5 Å². The van der Waals surface area contributed by atoms with E-state index in [0.29, 0.717) is 27.5 Å². The van der Waals surface area contributed by atoms with E-state index in [1.54, 1.807) is 36.4 Å². The first-order chi connectivity index (χ1) is 16.4. The predicted octanol–water partition coefficient (Wildman–Crippen LogP) is 4.95. The van der Waals surface area contributed by atoms with Crippen molar-refractivity contribution >= 4 is 44.1 Å². The van der Waals surface area contributed by atoms with Crippen molar-refractivity contribution in [1.82, 2.24) is 4.98 Å². The first-order valence-electron chi connectivity index (χ1n) is 10.5. The highest BCUT2D eigenvalue weighted by molar-refractivity contribution is 7.22. The van der Waals surface area contributed by atoms with Crippen LogP contribution >= 0.6 is 11.3 Å². The standard InChI is InChI=1S/C26H20N2O5S/c1-14-6-11-19-20(12-14)34-26(27-19)28-22(15-7-9-17(29)10-8-15)21(24(31)25(28)32)23(30)16-4-3-5-18(13-16)33-2/h3-13,22,29-30H,1-2H3/b23-21+. The first kappa shape index (κ1) is 21.7. The molecular weight excluding hydrogens is 452 g/mol. The van der Waals surface area contributed by atoms with E-state index in [1.165, 1.54) is 35.5 Å². The molecule has 34 heavy (non-hydrogen) atoms. The molecule has 1 aromatic heterocycles. The number of thiazole rings is 1. The third kappa shape index (κ3) is 3.58. The van der Waals surface area contributed by atoms with Crippen LogP contribution in [0, 0.1) is 6.92 Å². The van der Waals surface area contributed by atoms with Gasteiger partial charge in [-0.05, 0) is 54.4 Å². The van der Waals surface area contributed by atoms with Gasteiger partial charge in [0.25, 0.3) is 5.78 Å². The van der Waals surface area contributed by atoms with Gasteiger partial charge in [-0.1, -0.05) is 41.7 Å². The van der Waals surface area contributed by atoms with Gasteiger partial charge in [-0.25, -0.2) is 4.98 Å². The van der Waals surface area contributed by atoms with Gasteiger partial charge in [-0.15, -0.1) is 0 Å². The van der Waals surface area contributed by atoms with Crippen LogP contribution in [-0.4, -0.2) is 34.0 Å². The number of hydrogen-bond donors (Lipinski definition) is 2. The Hall–Kier alpha value is -4.17. The molecule has 2 N–H and O–H groups in total. The number of anilines is 1. The summed E-state index contributed by atoms with van der Waals surface area (Å²) in [5.74, 6) is -1.35. The number of ether oxygens (including phenoxy) is 1. The second kappa shape index (κ2) is 8.31. The number of phenolic OH excluding ortho intramolecular Hbond substituents is 1. The summed E-state index contributed by atoms with van der Waals surface area (Å²) < 4.78 is 6.13. The van der Waals surface area contributed by atoms with Crippen molar-refractivity contribution < 1.29 is 24.5 Å². The normalized spacial score (nSPS) is 17.5. The van der Waals surface area contributed by atoms with Gasteiger partial charge in [-0.3, -0.25) is 14.5 Å². The van der Waals surface area contributed by atoms with Crippen molar-refractivity contribution in [1.29, 1.82) is 0 Å². The maximum Gasteiger partial charge on any atom is 0.301 e. The molecule has 4 aromatic rings. The van der Waals surface area contributed by atoms with Crippen LogP contribution < -0.4 is 9.64 Å². The van der Waals surface area contributed by atoms with Gasteiger partial charge in [0.1, 0.15) is 17.3 Å². The summed E-state index contributed by atoms with van der Waals surface area (Å²) in [5, 5.41) is 21.4. The maximum absolute atomic E-state index is 13.3. The Kier molecular flexibility index (Phi) is 5.30. The van der Waals surface area contributed by atoms with E-state index in [2.05, 4.69) is 4.98 Å². The summed E-state index contributed by atoms with van der Waals surface area (Å²) in [5.41, 5.74) is 2.61. The molecule has 1 aliphatic rings. The quantitative estimate of drug-likeness (QED) is 0.248. The van der Waals surface area contributed by atoms with Gasteiger partial charge in [0, 0.05) is 5.56 Å². The van der Waals surface area contributed by atoms with Gasteiger partial charge in [0.05, 0.1) is 28.9 Å². The second-order valence-corrected chi connectivity index (χ2v) is 8.97. The average molecular weight is 473 g/mol. The number of aromatic nitrogens is 1. The van der Waals surface area contributed by atoms with E-state index in [-0.39, 0.29) is 17.1 Å². The van der Waals surface area contributed by atoms with E-state index in [4.69, 9.17) is 4.74 Å². The highest BCUT2D eigenvalue weighted by Gasteiger charge is 2.48. The zero-order valence-electron chi connectivity index (χ0n) is 18.4. The molecule has 3 aromatic carbocycles. The van der Waals surface area contributed by atoms with E-state index >= 15 is 0 Å². The Morgan fingerprint density at radius 2 is 1.82 bits per heavy atom. The number of hydrogen-bond acceptors (Lipinski definition) is 7. The molecule has 0 bridgehead atoms. The molecule has 1 amide bonds. The predicted molar refractivity (Wildman–Crippen MR) is 130 cm³/mol. The third-order valence-electron chi connectivity index (χ3n) is 5.74. The SMILES string of the molecule is COc1cccc(/C(O)=C2\C(=O)C(=O)N(c3nc4ccc(C)cc4s3)C2c2ccc(O)cc2)c1. The molecule has 0 spiro atoms. The van der Waals surface area contributed by atoms with Gasteiger partial charge in [-0.2, -0.15) is 0 Å². The highest BCUT2D eigenvalue weighted by Crippen LogP contribution is 2.44. The number of benzene rings is 3. The Morgan fingerprint density at radius 3 is 2.56 bits per heavy atom. The summed E-state index contributed by atoms with van der Waals surface area (Å²) in [6.07, 6.45) is 0. The number of fused-ring (bicyclic) bond motifs is 1. The fraction of sp³-hybridized carbons (Fsp3) is 0.115. The van der Waals surface area contributed by atoms with Crippen LogP contribution in [0.25, 0.3) is 16.0 Å². The molecule has 7 nitrogen and oxygen atoms in total. The van der Waals surface area contributed by atoms with E-state index < -0.39 is 17.7 Å². The summed E-state index contributed by atoms with van der Waals surface area (Å²) in [4.78, 5) is 32.5. The lowest BCUT2D eigenvalue weighted by Crippen LogP contribution is -2.29. The number of phenols is 1. The molecule has 5 rings (SSSR count). The lowest BCUT2D eigenvalue weighted by molar-refractivity contribution is -0.132. The number of amides is 1. The number of methoxy groups -OCH3 is 1. The molecular formula is C26H20N2O5S. The highest BCUT2D eigenvalue weighted by atomic mass is 32.1. The molecule has 1 aliphatic heterocycles. The minimum absolute atomic E-state index is 0.0453. The van der Waals surface area contributed by atoms with Gasteiger partial charge in [0.15, 0.2) is 5.13 Å². The molecule has 0 aliphatic carbocycles. The van der Waals surface area contributed by atoms with Crippen molar-refractivity contribution in [2.75, 3.05) is 12.0 Å².